The summed E-state index contributed by atoms with van der Waals surface area (Å²) in [6, 6.07) is 16.5. The van der Waals surface area contributed by atoms with Crippen LogP contribution in [0.25, 0.3) is 6.08 Å². The largest absolute Gasteiger partial charge is 0.293 e. The minimum absolute atomic E-state index is 0.0989. The Bertz CT molecular complexity index is 902. The van der Waals surface area contributed by atoms with Crippen molar-refractivity contribution in [1.82, 2.24) is 4.90 Å². The summed E-state index contributed by atoms with van der Waals surface area (Å²) in [5, 5.41) is 8.81. The lowest BCUT2D eigenvalue weighted by molar-refractivity contribution is -0.123. The average molecular weight is 399 g/mol. The molecule has 6 heteroatoms. The Hall–Kier alpha value is -2.36. The second-order valence-corrected chi connectivity index (χ2v) is 6.91. The molecule has 24 heavy (non-hydrogen) atoms. The highest BCUT2D eigenvalue weighted by molar-refractivity contribution is 9.10. The standard InChI is InChI=1S/C18H11BrN2O2S/c19-15-8-4-3-5-12(15)9-16-17(22)21(18(23)24-16)11-14-7-2-1-6-13(14)10-20/h1-9H,11H2/b16-9+. The molecule has 2 amide bonds. The molecule has 0 bridgehead atoms. The van der Waals surface area contributed by atoms with Crippen molar-refractivity contribution in [2.75, 3.05) is 0 Å². The topological polar surface area (TPSA) is 61.2 Å². The van der Waals surface area contributed by atoms with Crippen LogP contribution in [0.15, 0.2) is 57.9 Å². The van der Waals surface area contributed by atoms with Gasteiger partial charge in [-0.1, -0.05) is 52.3 Å². The number of hydrogen-bond donors (Lipinski definition) is 0. The minimum Gasteiger partial charge on any atom is -0.268 e. The van der Waals surface area contributed by atoms with Crippen LogP contribution < -0.4 is 0 Å². The van der Waals surface area contributed by atoms with Gasteiger partial charge < -0.3 is 0 Å². The molecule has 118 valence electrons. The van der Waals surface area contributed by atoms with Crippen LogP contribution in [0.5, 0.6) is 0 Å². The Kier molecular flexibility index (Phi) is 4.84. The van der Waals surface area contributed by atoms with Crippen LogP contribution in [-0.4, -0.2) is 16.0 Å². The van der Waals surface area contributed by atoms with Crippen LogP contribution in [0.1, 0.15) is 16.7 Å². The highest BCUT2D eigenvalue weighted by Gasteiger charge is 2.35. The second-order valence-electron chi connectivity index (χ2n) is 5.06. The number of nitriles is 1. The van der Waals surface area contributed by atoms with Crippen molar-refractivity contribution >= 4 is 44.9 Å². The first-order valence-electron chi connectivity index (χ1n) is 7.08. The van der Waals surface area contributed by atoms with Crippen molar-refractivity contribution in [3.05, 3.63) is 74.6 Å². The molecule has 1 fully saturated rings. The summed E-state index contributed by atoms with van der Waals surface area (Å²) in [6.45, 7) is 0.0989. The molecule has 0 radical (unpaired) electrons. The molecule has 1 aliphatic rings. The average Bonchev–Trinajstić information content (AvgIpc) is 2.85. The maximum atomic E-state index is 12.6. The third-order valence-corrected chi connectivity index (χ3v) is 5.16. The van der Waals surface area contributed by atoms with Gasteiger partial charge in [-0.15, -0.1) is 0 Å². The number of thioether (sulfide) groups is 1. The van der Waals surface area contributed by atoms with E-state index in [0.29, 0.717) is 16.0 Å². The zero-order chi connectivity index (χ0) is 17.1. The Morgan fingerprint density at radius 3 is 2.58 bits per heavy atom. The zero-order valence-electron chi connectivity index (χ0n) is 12.4. The Morgan fingerprint density at radius 1 is 1.12 bits per heavy atom. The van der Waals surface area contributed by atoms with Crippen molar-refractivity contribution in [3.8, 4) is 6.07 Å². The van der Waals surface area contributed by atoms with Crippen LogP contribution in [0.2, 0.25) is 0 Å². The van der Waals surface area contributed by atoms with Crippen LogP contribution in [-0.2, 0) is 11.3 Å². The number of halogens is 1. The van der Waals surface area contributed by atoms with Gasteiger partial charge in [-0.25, -0.2) is 0 Å². The lowest BCUT2D eigenvalue weighted by Gasteiger charge is -2.13. The lowest BCUT2D eigenvalue weighted by atomic mass is 10.1. The predicted molar refractivity (Wildman–Crippen MR) is 96.8 cm³/mol. The van der Waals surface area contributed by atoms with E-state index in [1.807, 2.05) is 24.3 Å². The van der Waals surface area contributed by atoms with Gasteiger partial charge in [0.25, 0.3) is 11.1 Å². The molecule has 2 aromatic carbocycles. The van der Waals surface area contributed by atoms with E-state index in [4.69, 9.17) is 5.26 Å². The molecular weight excluding hydrogens is 388 g/mol. The molecule has 0 saturated carbocycles. The summed E-state index contributed by atoms with van der Waals surface area (Å²) in [6.07, 6.45) is 1.70. The maximum absolute atomic E-state index is 12.6. The Balaban J connectivity index is 1.88. The van der Waals surface area contributed by atoms with Crippen LogP contribution in [0.4, 0.5) is 4.79 Å². The van der Waals surface area contributed by atoms with E-state index in [1.54, 1.807) is 30.3 Å². The predicted octanol–water partition coefficient (Wildman–Crippen LogP) is 4.56. The van der Waals surface area contributed by atoms with Crippen molar-refractivity contribution in [1.29, 1.82) is 5.26 Å². The molecule has 1 heterocycles. The second kappa shape index (κ2) is 7.04. The fraction of sp³-hybridized carbons (Fsp3) is 0.0556. The normalized spacial score (nSPS) is 15.8. The molecule has 0 atom stereocenters. The van der Waals surface area contributed by atoms with Crippen LogP contribution in [0, 0.1) is 11.3 Å². The summed E-state index contributed by atoms with van der Waals surface area (Å²) in [7, 11) is 0. The molecule has 1 aliphatic heterocycles. The first kappa shape index (κ1) is 16.5. The number of carbonyl (C=O) groups is 2. The minimum atomic E-state index is -0.339. The zero-order valence-corrected chi connectivity index (χ0v) is 14.8. The molecule has 0 N–H and O–H groups in total. The molecule has 0 aromatic heterocycles. The summed E-state index contributed by atoms with van der Waals surface area (Å²) >= 11 is 4.34. The SMILES string of the molecule is N#Cc1ccccc1CN1C(=O)S/C(=C/c2ccccc2Br)C1=O. The molecule has 3 rings (SSSR count). The molecule has 1 saturated heterocycles. The number of rotatable bonds is 3. The molecule has 0 aliphatic carbocycles. The van der Waals surface area contributed by atoms with Gasteiger partial charge in [0.15, 0.2) is 0 Å². The van der Waals surface area contributed by atoms with Gasteiger partial charge in [0.05, 0.1) is 23.1 Å². The molecule has 2 aromatic rings. The van der Waals surface area contributed by atoms with E-state index in [0.717, 1.165) is 21.8 Å². The molecule has 4 nitrogen and oxygen atoms in total. The van der Waals surface area contributed by atoms with Crippen molar-refractivity contribution in [3.63, 3.8) is 0 Å². The van der Waals surface area contributed by atoms with Gasteiger partial charge in [0.2, 0.25) is 0 Å². The lowest BCUT2D eigenvalue weighted by Crippen LogP contribution is -2.27. The Labute approximate surface area is 151 Å². The summed E-state index contributed by atoms with van der Waals surface area (Å²) in [4.78, 5) is 26.3. The molecular formula is C18H11BrN2O2S. The number of hydrogen-bond acceptors (Lipinski definition) is 4. The summed E-state index contributed by atoms with van der Waals surface area (Å²) < 4.78 is 0.853. The third-order valence-electron chi connectivity index (χ3n) is 3.53. The van der Waals surface area contributed by atoms with Crippen molar-refractivity contribution < 1.29 is 9.59 Å². The van der Waals surface area contributed by atoms with E-state index in [9.17, 15) is 9.59 Å². The van der Waals surface area contributed by atoms with E-state index in [2.05, 4.69) is 22.0 Å². The van der Waals surface area contributed by atoms with Crippen LogP contribution >= 0.6 is 27.7 Å². The van der Waals surface area contributed by atoms with Gasteiger partial charge in [0, 0.05) is 4.47 Å². The number of amides is 2. The molecule has 0 unspecified atom stereocenters. The van der Waals surface area contributed by atoms with E-state index < -0.39 is 0 Å². The number of nitrogens with zero attached hydrogens (tertiary/aromatic N) is 2. The first-order valence-corrected chi connectivity index (χ1v) is 8.69. The van der Waals surface area contributed by atoms with E-state index in [1.165, 1.54) is 4.90 Å². The monoisotopic (exact) mass is 398 g/mol. The fourth-order valence-electron chi connectivity index (χ4n) is 2.31. The quantitative estimate of drug-likeness (QED) is 0.711. The number of carbonyl (C=O) groups excluding carboxylic acids is 2. The highest BCUT2D eigenvalue weighted by Crippen LogP contribution is 2.34. The Morgan fingerprint density at radius 2 is 1.83 bits per heavy atom. The molecule has 0 spiro atoms. The first-order chi connectivity index (χ1) is 11.6. The highest BCUT2D eigenvalue weighted by atomic mass is 79.9. The van der Waals surface area contributed by atoms with Gasteiger partial charge in [0.1, 0.15) is 0 Å². The number of imide groups is 1. The van der Waals surface area contributed by atoms with Gasteiger partial charge in [-0.3, -0.25) is 14.5 Å². The van der Waals surface area contributed by atoms with Gasteiger partial charge in [-0.2, -0.15) is 5.26 Å². The van der Waals surface area contributed by atoms with Gasteiger partial charge >= 0.3 is 0 Å². The van der Waals surface area contributed by atoms with Crippen molar-refractivity contribution in [2.45, 2.75) is 6.54 Å². The third kappa shape index (κ3) is 3.28. The smallest absolute Gasteiger partial charge is 0.268 e. The summed E-state index contributed by atoms with van der Waals surface area (Å²) in [5.41, 5.74) is 1.95. The maximum Gasteiger partial charge on any atom is 0.293 e. The summed E-state index contributed by atoms with van der Waals surface area (Å²) in [5.74, 6) is -0.339. The van der Waals surface area contributed by atoms with E-state index in [-0.39, 0.29) is 17.7 Å². The fourth-order valence-corrected chi connectivity index (χ4v) is 3.54. The number of benzene rings is 2. The van der Waals surface area contributed by atoms with Crippen molar-refractivity contribution in [2.24, 2.45) is 0 Å². The van der Waals surface area contributed by atoms with Gasteiger partial charge in [-0.05, 0) is 41.1 Å². The van der Waals surface area contributed by atoms with Crippen LogP contribution in [0.3, 0.4) is 0 Å². The van der Waals surface area contributed by atoms with E-state index >= 15 is 0 Å².